The van der Waals surface area contributed by atoms with Crippen molar-refractivity contribution in [2.75, 3.05) is 46.8 Å². The molecule has 0 atom stereocenters. The summed E-state index contributed by atoms with van der Waals surface area (Å²) in [6.45, 7) is 4.58. The second-order valence-corrected chi connectivity index (χ2v) is 4.01. The molecule has 1 rings (SSSR count). The van der Waals surface area contributed by atoms with Crippen LogP contribution in [-0.4, -0.2) is 57.5 Å². The Morgan fingerprint density at radius 2 is 1.70 bits per heavy atom. The summed E-state index contributed by atoms with van der Waals surface area (Å²) in [6.07, 6.45) is 1.50. The van der Waals surface area contributed by atoms with E-state index >= 15 is 0 Å². The number of Topliss-reactive ketones (excluding diaryl/α,β-unsaturated/α-hetero) is 1. The van der Waals surface area contributed by atoms with E-state index in [0.717, 1.165) is 0 Å². The molecule has 0 N–H and O–H groups in total. The number of hydrogen-bond acceptors (Lipinski definition) is 6. The summed E-state index contributed by atoms with van der Waals surface area (Å²) >= 11 is 0. The molecule has 1 heterocycles. The lowest BCUT2D eigenvalue weighted by Crippen LogP contribution is -2.12. The molecule has 1 aromatic rings. The molecular weight excluding hydrogens is 262 g/mol. The van der Waals surface area contributed by atoms with Gasteiger partial charge in [0.15, 0.2) is 5.78 Å². The first-order valence-electron chi connectivity index (χ1n) is 6.48. The maximum absolute atomic E-state index is 11.1. The molecule has 6 heteroatoms. The Hall–Kier alpha value is -1.50. The molecule has 0 fully saturated rings. The summed E-state index contributed by atoms with van der Waals surface area (Å²) in [7, 11) is 1.63. The third-order valence-corrected chi connectivity index (χ3v) is 2.42. The molecule has 0 spiro atoms. The highest BCUT2D eigenvalue weighted by Gasteiger charge is 2.00. The molecule has 0 unspecified atom stereocenters. The summed E-state index contributed by atoms with van der Waals surface area (Å²) in [6, 6.07) is 3.36. The van der Waals surface area contributed by atoms with Crippen LogP contribution in [0.25, 0.3) is 0 Å². The number of hydrogen-bond donors (Lipinski definition) is 0. The molecule has 6 nitrogen and oxygen atoms in total. The maximum atomic E-state index is 11.1. The molecule has 0 saturated heterocycles. The first-order chi connectivity index (χ1) is 9.74. The molecule has 112 valence electrons. The molecule has 0 aliphatic carbocycles. The van der Waals surface area contributed by atoms with Gasteiger partial charge in [-0.2, -0.15) is 0 Å². The van der Waals surface area contributed by atoms with E-state index in [4.69, 9.17) is 18.9 Å². The average Bonchev–Trinajstić information content (AvgIpc) is 2.46. The van der Waals surface area contributed by atoms with Crippen LogP contribution in [-0.2, 0) is 14.2 Å². The smallest absolute Gasteiger partial charge is 0.213 e. The van der Waals surface area contributed by atoms with Gasteiger partial charge in [-0.15, -0.1) is 0 Å². The standard InChI is InChI=1S/C14H21NO5/c1-12(16)13-3-4-14(15-11-13)20-10-9-19-8-7-18-6-5-17-2/h3-4,11H,5-10H2,1-2H3. The monoisotopic (exact) mass is 283 g/mol. The highest BCUT2D eigenvalue weighted by atomic mass is 16.6. The second kappa shape index (κ2) is 10.3. The van der Waals surface area contributed by atoms with E-state index in [-0.39, 0.29) is 5.78 Å². The van der Waals surface area contributed by atoms with Gasteiger partial charge >= 0.3 is 0 Å². The predicted molar refractivity (Wildman–Crippen MR) is 73.3 cm³/mol. The number of aromatic nitrogens is 1. The molecule has 0 aliphatic rings. The number of ketones is 1. The van der Waals surface area contributed by atoms with Crippen LogP contribution in [0.1, 0.15) is 17.3 Å². The lowest BCUT2D eigenvalue weighted by Gasteiger charge is -2.07. The summed E-state index contributed by atoms with van der Waals surface area (Å²) in [5.41, 5.74) is 0.571. The maximum Gasteiger partial charge on any atom is 0.213 e. The van der Waals surface area contributed by atoms with Gasteiger partial charge in [-0.3, -0.25) is 4.79 Å². The topological polar surface area (TPSA) is 66.9 Å². The van der Waals surface area contributed by atoms with E-state index in [9.17, 15) is 4.79 Å². The van der Waals surface area contributed by atoms with Crippen molar-refractivity contribution in [2.24, 2.45) is 0 Å². The van der Waals surface area contributed by atoms with Crippen molar-refractivity contribution < 1.29 is 23.7 Å². The van der Waals surface area contributed by atoms with Crippen LogP contribution in [0.2, 0.25) is 0 Å². The Balaban J connectivity index is 2.02. The molecule has 0 saturated carbocycles. The highest BCUT2D eigenvalue weighted by molar-refractivity contribution is 5.93. The normalized spacial score (nSPS) is 10.5. The number of carbonyl (C=O) groups excluding carboxylic acids is 1. The molecule has 0 aliphatic heterocycles. The summed E-state index contributed by atoms with van der Waals surface area (Å²) in [5, 5.41) is 0. The van der Waals surface area contributed by atoms with Crippen molar-refractivity contribution in [3.63, 3.8) is 0 Å². The quantitative estimate of drug-likeness (QED) is 0.451. The third-order valence-electron chi connectivity index (χ3n) is 2.42. The first kappa shape index (κ1) is 16.6. The Labute approximate surface area is 119 Å². The lowest BCUT2D eigenvalue weighted by atomic mass is 10.2. The minimum Gasteiger partial charge on any atom is -0.475 e. The van der Waals surface area contributed by atoms with Gasteiger partial charge in [-0.05, 0) is 13.0 Å². The molecule has 20 heavy (non-hydrogen) atoms. The van der Waals surface area contributed by atoms with E-state index in [2.05, 4.69) is 4.98 Å². The molecule has 0 radical (unpaired) electrons. The van der Waals surface area contributed by atoms with E-state index in [1.54, 1.807) is 19.2 Å². The van der Waals surface area contributed by atoms with Crippen LogP contribution in [0.15, 0.2) is 18.3 Å². The Morgan fingerprint density at radius 1 is 1.05 bits per heavy atom. The van der Waals surface area contributed by atoms with Crippen molar-refractivity contribution in [2.45, 2.75) is 6.92 Å². The van der Waals surface area contributed by atoms with Crippen molar-refractivity contribution in [1.29, 1.82) is 0 Å². The Morgan fingerprint density at radius 3 is 2.25 bits per heavy atom. The number of rotatable bonds is 11. The number of carbonyl (C=O) groups is 1. The van der Waals surface area contributed by atoms with Crippen LogP contribution in [0, 0.1) is 0 Å². The second-order valence-electron chi connectivity index (χ2n) is 4.01. The van der Waals surface area contributed by atoms with Gasteiger partial charge in [0.1, 0.15) is 6.61 Å². The largest absolute Gasteiger partial charge is 0.475 e. The number of pyridine rings is 1. The minimum atomic E-state index is -0.0131. The van der Waals surface area contributed by atoms with Crippen molar-refractivity contribution in [3.05, 3.63) is 23.9 Å². The molecular formula is C14H21NO5. The van der Waals surface area contributed by atoms with Gasteiger partial charge in [0.25, 0.3) is 0 Å². The van der Waals surface area contributed by atoms with Gasteiger partial charge in [0.05, 0.1) is 33.0 Å². The SMILES string of the molecule is COCCOCCOCCOc1ccc(C(C)=O)cn1. The number of nitrogens with zero attached hydrogens (tertiary/aromatic N) is 1. The van der Waals surface area contributed by atoms with Crippen LogP contribution in [0.4, 0.5) is 0 Å². The van der Waals surface area contributed by atoms with Crippen LogP contribution in [0.5, 0.6) is 5.88 Å². The van der Waals surface area contributed by atoms with Crippen LogP contribution >= 0.6 is 0 Å². The fourth-order valence-corrected chi connectivity index (χ4v) is 1.34. The molecule has 0 bridgehead atoms. The van der Waals surface area contributed by atoms with Crippen molar-refractivity contribution in [1.82, 2.24) is 4.98 Å². The fraction of sp³-hybridized carbons (Fsp3) is 0.571. The van der Waals surface area contributed by atoms with E-state index in [0.29, 0.717) is 51.1 Å². The zero-order valence-electron chi connectivity index (χ0n) is 12.0. The van der Waals surface area contributed by atoms with Crippen LogP contribution < -0.4 is 4.74 Å². The summed E-state index contributed by atoms with van der Waals surface area (Å²) in [5.74, 6) is 0.468. The summed E-state index contributed by atoms with van der Waals surface area (Å²) in [4.78, 5) is 15.1. The molecule has 0 amide bonds. The number of ether oxygens (including phenoxy) is 4. The van der Waals surface area contributed by atoms with Crippen LogP contribution in [0.3, 0.4) is 0 Å². The number of methoxy groups -OCH3 is 1. The summed E-state index contributed by atoms with van der Waals surface area (Å²) < 4.78 is 20.8. The van der Waals surface area contributed by atoms with Gasteiger partial charge in [0, 0.05) is 24.9 Å². The highest BCUT2D eigenvalue weighted by Crippen LogP contribution is 2.07. The zero-order valence-corrected chi connectivity index (χ0v) is 12.0. The first-order valence-corrected chi connectivity index (χ1v) is 6.48. The van der Waals surface area contributed by atoms with Crippen molar-refractivity contribution in [3.8, 4) is 5.88 Å². The van der Waals surface area contributed by atoms with E-state index < -0.39 is 0 Å². The Bertz CT molecular complexity index is 380. The van der Waals surface area contributed by atoms with E-state index in [1.807, 2.05) is 0 Å². The van der Waals surface area contributed by atoms with Gasteiger partial charge in [-0.25, -0.2) is 4.98 Å². The van der Waals surface area contributed by atoms with Gasteiger partial charge in [-0.1, -0.05) is 0 Å². The van der Waals surface area contributed by atoms with Gasteiger partial charge < -0.3 is 18.9 Å². The lowest BCUT2D eigenvalue weighted by molar-refractivity contribution is 0.0176. The Kier molecular flexibility index (Phi) is 8.53. The minimum absolute atomic E-state index is 0.0131. The average molecular weight is 283 g/mol. The zero-order chi connectivity index (χ0) is 14.6. The third kappa shape index (κ3) is 7.18. The van der Waals surface area contributed by atoms with Crippen molar-refractivity contribution >= 4 is 5.78 Å². The molecule has 1 aromatic heterocycles. The van der Waals surface area contributed by atoms with Gasteiger partial charge in [0.2, 0.25) is 5.88 Å². The molecule has 0 aromatic carbocycles. The van der Waals surface area contributed by atoms with E-state index in [1.165, 1.54) is 13.1 Å². The predicted octanol–water partition coefficient (Wildman–Crippen LogP) is 1.34. The fourth-order valence-electron chi connectivity index (χ4n) is 1.34.